The second kappa shape index (κ2) is 8.40. The molecule has 0 atom stereocenters. The van der Waals surface area contributed by atoms with Crippen molar-refractivity contribution in [3.8, 4) is 0 Å². The van der Waals surface area contributed by atoms with E-state index in [1.807, 2.05) is 4.90 Å². The summed E-state index contributed by atoms with van der Waals surface area (Å²) in [5, 5.41) is 0. The van der Waals surface area contributed by atoms with Crippen LogP contribution in [0.25, 0.3) is 0 Å². The van der Waals surface area contributed by atoms with Crippen LogP contribution in [-0.2, 0) is 20.7 Å². The molecule has 6 nitrogen and oxygen atoms in total. The van der Waals surface area contributed by atoms with E-state index in [0.717, 1.165) is 0 Å². The smallest absolute Gasteiger partial charge is 0.236 e. The number of morpholine rings is 1. The lowest BCUT2D eigenvalue weighted by Gasteiger charge is -2.36. The highest BCUT2D eigenvalue weighted by Crippen LogP contribution is 2.11. The second-order valence-electron chi connectivity index (χ2n) is 6.42. The maximum atomic E-state index is 13.7. The fourth-order valence-electron chi connectivity index (χ4n) is 3.18. The summed E-state index contributed by atoms with van der Waals surface area (Å²) in [4.78, 5) is 30.3. The van der Waals surface area contributed by atoms with Gasteiger partial charge >= 0.3 is 0 Å². The van der Waals surface area contributed by atoms with E-state index in [2.05, 4.69) is 4.90 Å². The van der Waals surface area contributed by atoms with Gasteiger partial charge in [0.15, 0.2) is 0 Å². The van der Waals surface area contributed by atoms with Gasteiger partial charge in [0.25, 0.3) is 0 Å². The van der Waals surface area contributed by atoms with Crippen molar-refractivity contribution in [2.45, 2.75) is 6.42 Å². The van der Waals surface area contributed by atoms with Crippen molar-refractivity contribution in [1.82, 2.24) is 14.7 Å². The molecule has 2 heterocycles. The van der Waals surface area contributed by atoms with Crippen molar-refractivity contribution in [3.63, 3.8) is 0 Å². The van der Waals surface area contributed by atoms with Crippen LogP contribution in [0.5, 0.6) is 0 Å². The van der Waals surface area contributed by atoms with E-state index in [0.29, 0.717) is 64.6 Å². The number of nitrogens with zero attached hydrogens (tertiary/aromatic N) is 3. The summed E-state index contributed by atoms with van der Waals surface area (Å²) in [6.07, 6.45) is 0.0827. The van der Waals surface area contributed by atoms with E-state index in [9.17, 15) is 14.0 Å². The summed E-state index contributed by atoms with van der Waals surface area (Å²) in [6.45, 7) is 5.37. The average Bonchev–Trinajstić information content (AvgIpc) is 2.65. The van der Waals surface area contributed by atoms with Crippen molar-refractivity contribution in [2.24, 2.45) is 0 Å². The molecule has 7 heteroatoms. The highest BCUT2D eigenvalue weighted by Gasteiger charge is 2.25. The van der Waals surface area contributed by atoms with Crippen LogP contribution < -0.4 is 0 Å². The molecule has 0 aliphatic carbocycles. The number of halogens is 1. The maximum Gasteiger partial charge on any atom is 0.236 e. The van der Waals surface area contributed by atoms with Gasteiger partial charge in [-0.25, -0.2) is 4.39 Å². The van der Waals surface area contributed by atoms with Crippen molar-refractivity contribution in [3.05, 3.63) is 35.6 Å². The lowest BCUT2D eigenvalue weighted by atomic mass is 10.1. The molecule has 2 amide bonds. The lowest BCUT2D eigenvalue weighted by molar-refractivity contribution is -0.137. The predicted octanol–water partition coefficient (Wildman–Crippen LogP) is 0.371. The molecular weight excluding hydrogens is 325 g/mol. The molecule has 2 aliphatic heterocycles. The van der Waals surface area contributed by atoms with Crippen LogP contribution in [0.2, 0.25) is 0 Å². The van der Waals surface area contributed by atoms with E-state index in [4.69, 9.17) is 4.74 Å². The first-order valence-corrected chi connectivity index (χ1v) is 8.72. The van der Waals surface area contributed by atoms with Crippen LogP contribution in [0.3, 0.4) is 0 Å². The number of hydrogen-bond acceptors (Lipinski definition) is 4. The van der Waals surface area contributed by atoms with Gasteiger partial charge in [-0.2, -0.15) is 0 Å². The van der Waals surface area contributed by atoms with Gasteiger partial charge in [-0.05, 0) is 11.6 Å². The normalized spacial score (nSPS) is 19.1. The molecular formula is C18H24FN3O3. The molecule has 1 aromatic carbocycles. The Balaban J connectivity index is 1.44. The quantitative estimate of drug-likeness (QED) is 0.788. The lowest BCUT2D eigenvalue weighted by Crippen LogP contribution is -2.52. The first kappa shape index (κ1) is 17.8. The molecule has 3 rings (SSSR count). The molecule has 0 unspecified atom stereocenters. The number of amides is 2. The van der Waals surface area contributed by atoms with E-state index in [-0.39, 0.29) is 24.1 Å². The minimum Gasteiger partial charge on any atom is -0.378 e. The highest BCUT2D eigenvalue weighted by atomic mass is 19.1. The molecule has 2 fully saturated rings. The minimum atomic E-state index is -0.342. The first-order valence-electron chi connectivity index (χ1n) is 8.72. The molecule has 2 saturated heterocycles. The predicted molar refractivity (Wildman–Crippen MR) is 90.5 cm³/mol. The second-order valence-corrected chi connectivity index (χ2v) is 6.42. The summed E-state index contributed by atoms with van der Waals surface area (Å²) >= 11 is 0. The number of benzene rings is 1. The third-order valence-electron chi connectivity index (χ3n) is 4.75. The molecule has 0 bridgehead atoms. The highest BCUT2D eigenvalue weighted by molar-refractivity contribution is 5.79. The molecule has 25 heavy (non-hydrogen) atoms. The van der Waals surface area contributed by atoms with Gasteiger partial charge in [-0.1, -0.05) is 18.2 Å². The Labute approximate surface area is 147 Å². The maximum absolute atomic E-state index is 13.7. The van der Waals surface area contributed by atoms with Gasteiger partial charge in [-0.15, -0.1) is 0 Å². The van der Waals surface area contributed by atoms with Crippen molar-refractivity contribution in [2.75, 3.05) is 59.0 Å². The largest absolute Gasteiger partial charge is 0.378 e. The van der Waals surface area contributed by atoms with E-state index < -0.39 is 0 Å². The van der Waals surface area contributed by atoms with Crippen molar-refractivity contribution < 1.29 is 18.7 Å². The van der Waals surface area contributed by atoms with E-state index in [1.54, 1.807) is 23.1 Å². The van der Waals surface area contributed by atoms with Gasteiger partial charge in [-0.3, -0.25) is 14.5 Å². The van der Waals surface area contributed by atoms with Crippen LogP contribution in [0.1, 0.15) is 5.56 Å². The van der Waals surface area contributed by atoms with Gasteiger partial charge in [0, 0.05) is 39.3 Å². The summed E-state index contributed by atoms with van der Waals surface area (Å²) in [6, 6.07) is 6.37. The van der Waals surface area contributed by atoms with Gasteiger partial charge in [0.2, 0.25) is 11.8 Å². The van der Waals surface area contributed by atoms with E-state index >= 15 is 0 Å². The van der Waals surface area contributed by atoms with Crippen molar-refractivity contribution >= 4 is 11.8 Å². The summed E-state index contributed by atoms with van der Waals surface area (Å²) in [5.74, 6) is -0.288. The number of ether oxygens (including phenoxy) is 1. The number of hydrogen-bond donors (Lipinski definition) is 0. The van der Waals surface area contributed by atoms with Crippen LogP contribution in [0.15, 0.2) is 24.3 Å². The third-order valence-corrected chi connectivity index (χ3v) is 4.75. The Hall–Kier alpha value is -1.99. The summed E-state index contributed by atoms with van der Waals surface area (Å²) in [7, 11) is 0. The van der Waals surface area contributed by atoms with Crippen LogP contribution in [0, 0.1) is 5.82 Å². The molecule has 0 N–H and O–H groups in total. The molecule has 1 aromatic rings. The Morgan fingerprint density at radius 3 is 2.24 bits per heavy atom. The van der Waals surface area contributed by atoms with Crippen LogP contribution >= 0.6 is 0 Å². The first-order chi connectivity index (χ1) is 12.1. The Morgan fingerprint density at radius 2 is 1.56 bits per heavy atom. The third kappa shape index (κ3) is 4.76. The minimum absolute atomic E-state index is 0.0655. The Morgan fingerprint density at radius 1 is 0.920 bits per heavy atom. The van der Waals surface area contributed by atoms with Gasteiger partial charge in [0.05, 0.1) is 26.2 Å². The van der Waals surface area contributed by atoms with Crippen molar-refractivity contribution in [1.29, 1.82) is 0 Å². The average molecular weight is 349 g/mol. The van der Waals surface area contributed by atoms with E-state index in [1.165, 1.54) is 6.07 Å². The van der Waals surface area contributed by atoms with Crippen LogP contribution in [-0.4, -0.2) is 85.5 Å². The molecule has 0 saturated carbocycles. The zero-order valence-corrected chi connectivity index (χ0v) is 14.3. The molecule has 136 valence electrons. The number of rotatable bonds is 4. The fraction of sp³-hybridized carbons (Fsp3) is 0.556. The standard InChI is InChI=1S/C18H24FN3O3/c19-16-4-2-1-3-15(16)13-17(23)21-7-5-20(6-8-21)14-18(24)22-9-11-25-12-10-22/h1-4H,5-14H2. The fourth-order valence-corrected chi connectivity index (χ4v) is 3.18. The van der Waals surface area contributed by atoms with Crippen LogP contribution in [0.4, 0.5) is 4.39 Å². The zero-order chi connectivity index (χ0) is 17.6. The monoisotopic (exact) mass is 349 g/mol. The Bertz CT molecular complexity index is 611. The topological polar surface area (TPSA) is 53.1 Å². The number of carbonyl (C=O) groups is 2. The summed E-state index contributed by atoms with van der Waals surface area (Å²) < 4.78 is 18.9. The van der Waals surface area contributed by atoms with Gasteiger partial charge < -0.3 is 14.5 Å². The SMILES string of the molecule is O=C(Cc1ccccc1F)N1CCN(CC(=O)N2CCOCC2)CC1. The molecule has 0 spiro atoms. The number of carbonyl (C=O) groups excluding carboxylic acids is 2. The zero-order valence-electron chi connectivity index (χ0n) is 14.3. The molecule has 0 radical (unpaired) electrons. The molecule has 0 aromatic heterocycles. The Kier molecular flexibility index (Phi) is 5.99. The van der Waals surface area contributed by atoms with Gasteiger partial charge in [0.1, 0.15) is 5.82 Å². The molecule has 2 aliphatic rings. The number of piperazine rings is 1. The summed E-state index contributed by atoms with van der Waals surface area (Å²) in [5.41, 5.74) is 0.428.